The Hall–Kier alpha value is -2.33. The summed E-state index contributed by atoms with van der Waals surface area (Å²) >= 11 is 0. The van der Waals surface area contributed by atoms with E-state index < -0.39 is 16.0 Å². The molecule has 2 atom stereocenters. The topological polar surface area (TPSA) is 112 Å². The molecule has 1 amide bonds. The van der Waals surface area contributed by atoms with Crippen molar-refractivity contribution in [1.82, 2.24) is 20.7 Å². The van der Waals surface area contributed by atoms with Gasteiger partial charge in [0.05, 0.1) is 6.04 Å². The van der Waals surface area contributed by atoms with E-state index in [0.717, 1.165) is 17.4 Å². The number of rotatable bonds is 7. The highest BCUT2D eigenvalue weighted by Crippen LogP contribution is 2.21. The van der Waals surface area contributed by atoms with Crippen LogP contribution in [0.3, 0.4) is 0 Å². The van der Waals surface area contributed by atoms with Gasteiger partial charge in [-0.15, -0.1) is 0 Å². The number of nitrogens with zero attached hydrogens (tertiary/aromatic N) is 2. The molecule has 0 aliphatic rings. The molecule has 2 rings (SSSR count). The Morgan fingerprint density at radius 2 is 1.74 bits per heavy atom. The molecule has 1 aromatic carbocycles. The molecule has 0 fully saturated rings. The summed E-state index contributed by atoms with van der Waals surface area (Å²) < 4.78 is 23.0. The highest BCUT2D eigenvalue weighted by molar-refractivity contribution is 7.90. The number of nitrogens with one attached hydrogen (secondary N) is 2. The van der Waals surface area contributed by atoms with E-state index in [1.165, 1.54) is 17.2 Å². The first-order valence-corrected chi connectivity index (χ1v) is 10.2. The first kappa shape index (κ1) is 21.0. The largest absolute Gasteiger partial charge is 0.336 e. The fraction of sp³-hybridized carbons (Fsp3) is 0.333. The van der Waals surface area contributed by atoms with Gasteiger partial charge in [-0.2, -0.15) is 5.48 Å². The number of pyridine rings is 1. The predicted octanol–water partition coefficient (Wildman–Crippen LogP) is 1.14. The molecule has 0 saturated heterocycles. The zero-order valence-electron chi connectivity index (χ0n) is 15.7. The Morgan fingerprint density at radius 3 is 2.19 bits per heavy atom. The molecule has 2 aromatic rings. The highest BCUT2D eigenvalue weighted by Gasteiger charge is 2.23. The van der Waals surface area contributed by atoms with Crippen LogP contribution in [0.25, 0.3) is 11.1 Å². The smallest absolute Gasteiger partial charge is 0.253 e. The fourth-order valence-corrected chi connectivity index (χ4v) is 3.16. The standard InChI is InChI=1S/C18H24N4O4S/c1-12(17(19-2)21-24)22(3)18(23)14-7-5-13(6-8-14)15-9-10-16(20-11-15)27(4,25)26/h5-12,17,19,21,24H,1-4H3. The first-order valence-electron chi connectivity index (χ1n) is 8.29. The molecule has 0 spiro atoms. The van der Waals surface area contributed by atoms with Gasteiger partial charge in [0.15, 0.2) is 14.9 Å². The summed E-state index contributed by atoms with van der Waals surface area (Å²) in [4.78, 5) is 18.1. The number of carbonyl (C=O) groups excluding carboxylic acids is 1. The van der Waals surface area contributed by atoms with Gasteiger partial charge < -0.3 is 15.4 Å². The molecular weight excluding hydrogens is 368 g/mol. The van der Waals surface area contributed by atoms with E-state index in [2.05, 4.69) is 15.8 Å². The van der Waals surface area contributed by atoms with Crippen LogP contribution in [0.1, 0.15) is 17.3 Å². The number of amides is 1. The summed E-state index contributed by atoms with van der Waals surface area (Å²) in [5.74, 6) is -0.185. The molecule has 8 nitrogen and oxygen atoms in total. The third kappa shape index (κ3) is 4.89. The minimum Gasteiger partial charge on any atom is -0.336 e. The lowest BCUT2D eigenvalue weighted by Gasteiger charge is -2.31. The van der Waals surface area contributed by atoms with Crippen molar-refractivity contribution in [2.45, 2.75) is 24.2 Å². The summed E-state index contributed by atoms with van der Waals surface area (Å²) in [5, 5.41) is 12.0. The average Bonchev–Trinajstić information content (AvgIpc) is 2.67. The molecule has 2 unspecified atom stereocenters. The van der Waals surface area contributed by atoms with Gasteiger partial charge in [-0.3, -0.25) is 4.79 Å². The molecule has 0 radical (unpaired) electrons. The molecule has 146 valence electrons. The van der Waals surface area contributed by atoms with E-state index in [4.69, 9.17) is 5.21 Å². The molecular formula is C18H24N4O4S. The Labute approximate surface area is 159 Å². The van der Waals surface area contributed by atoms with E-state index >= 15 is 0 Å². The van der Waals surface area contributed by atoms with E-state index in [9.17, 15) is 13.2 Å². The number of aromatic nitrogens is 1. The van der Waals surface area contributed by atoms with Crippen molar-refractivity contribution in [2.24, 2.45) is 0 Å². The van der Waals surface area contributed by atoms with Gasteiger partial charge in [0.2, 0.25) is 0 Å². The van der Waals surface area contributed by atoms with Crippen LogP contribution in [0.5, 0.6) is 0 Å². The van der Waals surface area contributed by atoms with Crippen LogP contribution >= 0.6 is 0 Å². The number of sulfone groups is 1. The second-order valence-corrected chi connectivity index (χ2v) is 8.25. The Balaban J connectivity index is 2.18. The summed E-state index contributed by atoms with van der Waals surface area (Å²) in [5.41, 5.74) is 4.20. The maximum absolute atomic E-state index is 12.6. The van der Waals surface area contributed by atoms with Gasteiger partial charge in [-0.25, -0.2) is 13.4 Å². The van der Waals surface area contributed by atoms with Gasteiger partial charge in [-0.05, 0) is 43.8 Å². The highest BCUT2D eigenvalue weighted by atomic mass is 32.2. The quantitative estimate of drug-likeness (QED) is 0.478. The summed E-state index contributed by atoms with van der Waals surface area (Å²) in [6, 6.07) is 9.81. The van der Waals surface area contributed by atoms with Gasteiger partial charge in [0.1, 0.15) is 6.17 Å². The Kier molecular flexibility index (Phi) is 6.66. The van der Waals surface area contributed by atoms with Crippen LogP contribution in [0.4, 0.5) is 0 Å². The van der Waals surface area contributed by atoms with E-state index in [1.54, 1.807) is 44.4 Å². The van der Waals surface area contributed by atoms with Crippen LogP contribution in [0.2, 0.25) is 0 Å². The normalized spacial score (nSPS) is 13.8. The van der Waals surface area contributed by atoms with Crippen molar-refractivity contribution >= 4 is 15.7 Å². The molecule has 0 saturated carbocycles. The second kappa shape index (κ2) is 8.57. The minimum atomic E-state index is -3.34. The Morgan fingerprint density at radius 1 is 1.15 bits per heavy atom. The number of hydroxylamine groups is 1. The van der Waals surface area contributed by atoms with E-state index in [1.807, 2.05) is 6.92 Å². The number of benzene rings is 1. The summed E-state index contributed by atoms with van der Waals surface area (Å²) in [6.45, 7) is 1.81. The van der Waals surface area contributed by atoms with Crippen LogP contribution in [-0.2, 0) is 9.84 Å². The zero-order valence-corrected chi connectivity index (χ0v) is 16.5. The monoisotopic (exact) mass is 392 g/mol. The maximum Gasteiger partial charge on any atom is 0.253 e. The predicted molar refractivity (Wildman–Crippen MR) is 102 cm³/mol. The van der Waals surface area contributed by atoms with Crippen LogP contribution in [-0.4, -0.2) is 62.0 Å². The molecule has 0 bridgehead atoms. The molecule has 1 aromatic heterocycles. The van der Waals surface area contributed by atoms with Gasteiger partial charge in [0, 0.05) is 30.6 Å². The van der Waals surface area contributed by atoms with Gasteiger partial charge in [0.25, 0.3) is 5.91 Å². The van der Waals surface area contributed by atoms with Crippen LogP contribution in [0.15, 0.2) is 47.6 Å². The van der Waals surface area contributed by atoms with Crippen molar-refractivity contribution in [3.05, 3.63) is 48.2 Å². The lowest BCUT2D eigenvalue weighted by atomic mass is 10.0. The number of carbonyl (C=O) groups is 1. The zero-order chi connectivity index (χ0) is 20.2. The lowest BCUT2D eigenvalue weighted by molar-refractivity contribution is 0.0493. The van der Waals surface area contributed by atoms with Gasteiger partial charge in [-0.1, -0.05) is 12.1 Å². The van der Waals surface area contributed by atoms with E-state index in [0.29, 0.717) is 5.56 Å². The molecule has 1 heterocycles. The van der Waals surface area contributed by atoms with Crippen molar-refractivity contribution in [3.63, 3.8) is 0 Å². The molecule has 3 N–H and O–H groups in total. The molecule has 0 aliphatic heterocycles. The average molecular weight is 392 g/mol. The van der Waals surface area contributed by atoms with Crippen molar-refractivity contribution in [2.75, 3.05) is 20.4 Å². The SMILES string of the molecule is CNC(NO)C(C)N(C)C(=O)c1ccc(-c2ccc(S(C)(=O)=O)nc2)cc1. The van der Waals surface area contributed by atoms with Crippen LogP contribution < -0.4 is 10.8 Å². The van der Waals surface area contributed by atoms with E-state index in [-0.39, 0.29) is 17.0 Å². The third-order valence-corrected chi connectivity index (χ3v) is 5.45. The summed E-state index contributed by atoms with van der Waals surface area (Å²) in [6.07, 6.45) is 2.14. The number of likely N-dealkylation sites (N-methyl/N-ethyl adjacent to an activating group) is 2. The molecule has 9 heteroatoms. The summed E-state index contributed by atoms with van der Waals surface area (Å²) in [7, 11) is 0.00590. The molecule has 27 heavy (non-hydrogen) atoms. The molecule has 0 aliphatic carbocycles. The number of hydrogen-bond donors (Lipinski definition) is 3. The van der Waals surface area contributed by atoms with Crippen LogP contribution in [0, 0.1) is 0 Å². The van der Waals surface area contributed by atoms with Crippen molar-refractivity contribution in [3.8, 4) is 11.1 Å². The maximum atomic E-state index is 12.6. The third-order valence-electron chi connectivity index (χ3n) is 4.45. The lowest BCUT2D eigenvalue weighted by Crippen LogP contribution is -2.54. The van der Waals surface area contributed by atoms with Crippen molar-refractivity contribution in [1.29, 1.82) is 0 Å². The fourth-order valence-electron chi connectivity index (χ4n) is 2.60. The number of hydrogen-bond acceptors (Lipinski definition) is 7. The Bertz CT molecular complexity index is 879. The minimum absolute atomic E-state index is 0.0187. The van der Waals surface area contributed by atoms with Gasteiger partial charge >= 0.3 is 0 Å². The van der Waals surface area contributed by atoms with Crippen molar-refractivity contribution < 1.29 is 18.4 Å². The first-order chi connectivity index (χ1) is 12.7. The second-order valence-electron chi connectivity index (χ2n) is 6.29.